The SMILES string of the molecule is CC(C)(C)OC(=O)c1cc2ccncc2s1. The number of pyridine rings is 1. The molecule has 0 aromatic carbocycles. The van der Waals surface area contributed by atoms with Crippen molar-refractivity contribution in [2.24, 2.45) is 0 Å². The molecule has 0 aliphatic heterocycles. The summed E-state index contributed by atoms with van der Waals surface area (Å²) in [6, 6.07) is 3.73. The minimum Gasteiger partial charge on any atom is -0.456 e. The highest BCUT2D eigenvalue weighted by Crippen LogP contribution is 2.26. The van der Waals surface area contributed by atoms with Crippen LogP contribution in [0.15, 0.2) is 24.5 Å². The van der Waals surface area contributed by atoms with Gasteiger partial charge in [-0.3, -0.25) is 4.98 Å². The number of fused-ring (bicyclic) bond motifs is 1. The van der Waals surface area contributed by atoms with Crippen molar-refractivity contribution >= 4 is 27.4 Å². The van der Waals surface area contributed by atoms with Crippen molar-refractivity contribution < 1.29 is 9.53 Å². The summed E-state index contributed by atoms with van der Waals surface area (Å²) in [6.45, 7) is 5.58. The van der Waals surface area contributed by atoms with Gasteiger partial charge in [0.25, 0.3) is 0 Å². The van der Waals surface area contributed by atoms with E-state index in [1.807, 2.05) is 32.9 Å². The number of hydrogen-bond acceptors (Lipinski definition) is 4. The summed E-state index contributed by atoms with van der Waals surface area (Å²) in [5.74, 6) is -0.270. The second-order valence-electron chi connectivity index (χ2n) is 4.53. The predicted molar refractivity (Wildman–Crippen MR) is 64.8 cm³/mol. The number of carbonyl (C=O) groups is 1. The molecule has 3 nitrogen and oxygen atoms in total. The van der Waals surface area contributed by atoms with Gasteiger partial charge in [0.1, 0.15) is 10.5 Å². The van der Waals surface area contributed by atoms with Gasteiger partial charge in [-0.25, -0.2) is 4.79 Å². The Kier molecular flexibility index (Phi) is 2.68. The Morgan fingerprint density at radius 3 is 2.81 bits per heavy atom. The molecule has 2 aromatic rings. The van der Waals surface area contributed by atoms with Crippen LogP contribution in [0.5, 0.6) is 0 Å². The van der Waals surface area contributed by atoms with E-state index >= 15 is 0 Å². The molecule has 0 radical (unpaired) electrons. The van der Waals surface area contributed by atoms with Crippen LogP contribution in [-0.4, -0.2) is 16.6 Å². The van der Waals surface area contributed by atoms with Gasteiger partial charge in [-0.15, -0.1) is 11.3 Å². The standard InChI is InChI=1S/C12H13NO2S/c1-12(2,3)15-11(14)9-6-8-4-5-13-7-10(8)16-9/h4-7H,1-3H3. The van der Waals surface area contributed by atoms with Crippen molar-refractivity contribution in [1.29, 1.82) is 0 Å². The lowest BCUT2D eigenvalue weighted by molar-refractivity contribution is 0.00753. The maximum absolute atomic E-state index is 11.8. The van der Waals surface area contributed by atoms with E-state index in [4.69, 9.17) is 4.74 Å². The molecule has 16 heavy (non-hydrogen) atoms. The fraction of sp³-hybridized carbons (Fsp3) is 0.333. The van der Waals surface area contributed by atoms with Gasteiger partial charge in [0.05, 0.1) is 4.70 Å². The van der Waals surface area contributed by atoms with Gasteiger partial charge in [0.2, 0.25) is 0 Å². The molecule has 0 spiro atoms. The predicted octanol–water partition coefficient (Wildman–Crippen LogP) is 3.25. The molecule has 2 rings (SSSR count). The molecular weight excluding hydrogens is 222 g/mol. The average Bonchev–Trinajstić information content (AvgIpc) is 2.58. The average molecular weight is 235 g/mol. The van der Waals surface area contributed by atoms with Gasteiger partial charge in [0, 0.05) is 12.4 Å². The second-order valence-corrected chi connectivity index (χ2v) is 5.61. The van der Waals surface area contributed by atoms with Crippen molar-refractivity contribution in [1.82, 2.24) is 4.98 Å². The summed E-state index contributed by atoms with van der Waals surface area (Å²) >= 11 is 1.41. The van der Waals surface area contributed by atoms with Crippen LogP contribution < -0.4 is 0 Å². The summed E-state index contributed by atoms with van der Waals surface area (Å²) in [5.41, 5.74) is -0.453. The number of rotatable bonds is 1. The lowest BCUT2D eigenvalue weighted by atomic mass is 10.2. The molecule has 0 fully saturated rings. The summed E-state index contributed by atoms with van der Waals surface area (Å²) in [6.07, 6.45) is 3.47. The second kappa shape index (κ2) is 3.87. The van der Waals surface area contributed by atoms with Crippen LogP contribution in [0.4, 0.5) is 0 Å². The zero-order valence-corrected chi connectivity index (χ0v) is 10.3. The highest BCUT2D eigenvalue weighted by molar-refractivity contribution is 7.20. The Labute approximate surface area is 98.1 Å². The van der Waals surface area contributed by atoms with E-state index < -0.39 is 5.60 Å². The van der Waals surface area contributed by atoms with Gasteiger partial charge in [-0.2, -0.15) is 0 Å². The Morgan fingerprint density at radius 1 is 1.44 bits per heavy atom. The van der Waals surface area contributed by atoms with E-state index in [0.717, 1.165) is 10.1 Å². The first-order valence-corrected chi connectivity index (χ1v) is 5.84. The normalized spacial score (nSPS) is 11.7. The number of thiophene rings is 1. The van der Waals surface area contributed by atoms with Crippen LogP contribution in [0.3, 0.4) is 0 Å². The number of nitrogens with zero attached hydrogens (tertiary/aromatic N) is 1. The molecule has 4 heteroatoms. The summed E-state index contributed by atoms with van der Waals surface area (Å²) < 4.78 is 6.31. The number of esters is 1. The topological polar surface area (TPSA) is 39.2 Å². The Hall–Kier alpha value is -1.42. The zero-order valence-electron chi connectivity index (χ0n) is 9.48. The van der Waals surface area contributed by atoms with E-state index in [0.29, 0.717) is 4.88 Å². The van der Waals surface area contributed by atoms with Gasteiger partial charge in [0.15, 0.2) is 0 Å². The van der Waals surface area contributed by atoms with Gasteiger partial charge in [-0.05, 0) is 38.3 Å². The molecule has 0 bridgehead atoms. The van der Waals surface area contributed by atoms with Crippen LogP contribution in [0.1, 0.15) is 30.4 Å². The molecule has 0 saturated carbocycles. The van der Waals surface area contributed by atoms with Crippen molar-refractivity contribution in [3.63, 3.8) is 0 Å². The highest BCUT2D eigenvalue weighted by atomic mass is 32.1. The van der Waals surface area contributed by atoms with E-state index in [-0.39, 0.29) is 5.97 Å². The van der Waals surface area contributed by atoms with Crippen molar-refractivity contribution in [2.75, 3.05) is 0 Å². The molecule has 0 amide bonds. The molecule has 0 aliphatic rings. The quantitative estimate of drug-likeness (QED) is 0.712. The molecule has 0 N–H and O–H groups in total. The van der Waals surface area contributed by atoms with Crippen molar-refractivity contribution in [3.8, 4) is 0 Å². The maximum atomic E-state index is 11.8. The van der Waals surface area contributed by atoms with Crippen molar-refractivity contribution in [2.45, 2.75) is 26.4 Å². The molecule has 2 heterocycles. The Bertz CT molecular complexity index is 492. The third-order valence-electron chi connectivity index (χ3n) is 1.92. The molecule has 0 unspecified atom stereocenters. The first-order chi connectivity index (χ1) is 7.46. The van der Waals surface area contributed by atoms with Gasteiger partial charge in [-0.1, -0.05) is 0 Å². The van der Waals surface area contributed by atoms with E-state index in [1.165, 1.54) is 11.3 Å². The Balaban J connectivity index is 2.30. The summed E-state index contributed by atoms with van der Waals surface area (Å²) in [7, 11) is 0. The molecule has 0 aliphatic carbocycles. The Morgan fingerprint density at radius 2 is 2.19 bits per heavy atom. The fourth-order valence-corrected chi connectivity index (χ4v) is 2.22. The van der Waals surface area contributed by atoms with Gasteiger partial charge >= 0.3 is 5.97 Å². The number of aromatic nitrogens is 1. The number of hydrogen-bond donors (Lipinski definition) is 0. The van der Waals surface area contributed by atoms with E-state index in [9.17, 15) is 4.79 Å². The fourth-order valence-electron chi connectivity index (χ4n) is 1.31. The maximum Gasteiger partial charge on any atom is 0.348 e. The molecule has 84 valence electrons. The number of carbonyl (C=O) groups excluding carboxylic acids is 1. The minimum absolute atomic E-state index is 0.270. The van der Waals surface area contributed by atoms with E-state index in [2.05, 4.69) is 4.98 Å². The lowest BCUT2D eigenvalue weighted by Crippen LogP contribution is -2.23. The van der Waals surface area contributed by atoms with Crippen LogP contribution in [-0.2, 0) is 4.74 Å². The summed E-state index contributed by atoms with van der Waals surface area (Å²) in [5, 5.41) is 1.03. The zero-order chi connectivity index (χ0) is 11.8. The van der Waals surface area contributed by atoms with Crippen molar-refractivity contribution in [3.05, 3.63) is 29.4 Å². The summed E-state index contributed by atoms with van der Waals surface area (Å²) in [4.78, 5) is 16.4. The number of ether oxygens (including phenoxy) is 1. The van der Waals surface area contributed by atoms with Crippen LogP contribution in [0.25, 0.3) is 10.1 Å². The van der Waals surface area contributed by atoms with Crippen LogP contribution >= 0.6 is 11.3 Å². The minimum atomic E-state index is -0.453. The first-order valence-electron chi connectivity index (χ1n) is 5.03. The van der Waals surface area contributed by atoms with Crippen LogP contribution in [0.2, 0.25) is 0 Å². The van der Waals surface area contributed by atoms with E-state index in [1.54, 1.807) is 12.4 Å². The largest absolute Gasteiger partial charge is 0.456 e. The smallest absolute Gasteiger partial charge is 0.348 e. The van der Waals surface area contributed by atoms with Crippen LogP contribution in [0, 0.1) is 0 Å². The molecule has 2 aromatic heterocycles. The van der Waals surface area contributed by atoms with Gasteiger partial charge < -0.3 is 4.74 Å². The molecule has 0 saturated heterocycles. The third kappa shape index (κ3) is 2.39. The highest BCUT2D eigenvalue weighted by Gasteiger charge is 2.19. The monoisotopic (exact) mass is 235 g/mol. The molecule has 0 atom stereocenters. The third-order valence-corrected chi connectivity index (χ3v) is 2.99. The first kappa shape index (κ1) is 11.1. The molecular formula is C12H13NO2S. The lowest BCUT2D eigenvalue weighted by Gasteiger charge is -2.18.